The third-order valence-electron chi connectivity index (χ3n) is 8.28. The molecule has 3 nitrogen and oxygen atoms in total. The highest BCUT2D eigenvalue weighted by Crippen LogP contribution is 2.50. The van der Waals surface area contributed by atoms with Crippen LogP contribution in [0.15, 0.2) is 103 Å². The molecule has 4 heteroatoms. The van der Waals surface area contributed by atoms with Gasteiger partial charge in [0.25, 0.3) is 0 Å². The summed E-state index contributed by atoms with van der Waals surface area (Å²) in [6.45, 7) is 4.51. The predicted octanol–water partition coefficient (Wildman–Crippen LogP) is 9.21. The molecule has 184 valence electrons. The lowest BCUT2D eigenvalue weighted by Gasteiger charge is -2.22. The molecule has 0 radical (unpaired) electrons. The smallest absolute Gasteiger partial charge is 0.138 e. The van der Waals surface area contributed by atoms with Crippen LogP contribution in [0.4, 0.5) is 0 Å². The third-order valence-corrected chi connectivity index (χ3v) is 9.44. The molecule has 1 aliphatic rings. The monoisotopic (exact) mass is 517 g/mol. The second-order valence-electron chi connectivity index (χ2n) is 10.8. The summed E-state index contributed by atoms with van der Waals surface area (Å²) in [4.78, 5) is 6.11. The molecule has 0 fully saturated rings. The number of hydrogen-bond donors (Lipinski definition) is 0. The van der Waals surface area contributed by atoms with Gasteiger partial charge in [0.1, 0.15) is 16.0 Å². The van der Waals surface area contributed by atoms with E-state index in [4.69, 9.17) is 4.98 Å². The number of thiophene rings is 1. The molecular weight excluding hydrogens is 494 g/mol. The largest absolute Gasteiger partial charge is 0.291 e. The maximum atomic E-state index is 9.42. The van der Waals surface area contributed by atoms with Crippen LogP contribution in [0.3, 0.4) is 0 Å². The van der Waals surface area contributed by atoms with Gasteiger partial charge in [0.15, 0.2) is 0 Å². The number of hydrogen-bond acceptors (Lipinski definition) is 3. The van der Waals surface area contributed by atoms with E-state index in [0.29, 0.717) is 5.56 Å². The van der Waals surface area contributed by atoms with Crippen molar-refractivity contribution in [1.82, 2.24) is 9.38 Å². The van der Waals surface area contributed by atoms with Crippen LogP contribution < -0.4 is 0 Å². The summed E-state index contributed by atoms with van der Waals surface area (Å²) >= 11 is 1.79. The van der Waals surface area contributed by atoms with Crippen molar-refractivity contribution in [2.24, 2.45) is 0 Å². The van der Waals surface area contributed by atoms with Gasteiger partial charge in [-0.2, -0.15) is 5.26 Å². The minimum atomic E-state index is -0.146. The lowest BCUT2D eigenvalue weighted by molar-refractivity contribution is 0.660. The molecule has 0 amide bonds. The molecule has 8 rings (SSSR count). The van der Waals surface area contributed by atoms with Crippen molar-refractivity contribution >= 4 is 37.4 Å². The number of fused-ring (bicyclic) bond motifs is 8. The van der Waals surface area contributed by atoms with Crippen LogP contribution in [0.1, 0.15) is 30.5 Å². The Kier molecular flexibility index (Phi) is 4.51. The fraction of sp³-hybridized carbons (Fsp3) is 0.0857. The van der Waals surface area contributed by atoms with Crippen LogP contribution in [0.25, 0.3) is 59.5 Å². The average molecular weight is 518 g/mol. The molecule has 0 aliphatic heterocycles. The van der Waals surface area contributed by atoms with Crippen molar-refractivity contribution in [2.45, 2.75) is 19.3 Å². The molecule has 0 saturated carbocycles. The Labute approximate surface area is 230 Å². The molecule has 0 saturated heterocycles. The minimum absolute atomic E-state index is 0.146. The van der Waals surface area contributed by atoms with Crippen LogP contribution in [-0.2, 0) is 5.41 Å². The van der Waals surface area contributed by atoms with Crippen LogP contribution in [0.5, 0.6) is 0 Å². The van der Waals surface area contributed by atoms with E-state index in [0.717, 1.165) is 11.2 Å². The number of pyridine rings is 1. The molecule has 0 atom stereocenters. The topological polar surface area (TPSA) is 41.1 Å². The summed E-state index contributed by atoms with van der Waals surface area (Å²) in [7, 11) is 0. The molecule has 39 heavy (non-hydrogen) atoms. The average Bonchev–Trinajstić information content (AvgIpc) is 3.59. The van der Waals surface area contributed by atoms with E-state index in [2.05, 4.69) is 109 Å². The number of benzene rings is 4. The zero-order valence-corrected chi connectivity index (χ0v) is 22.4. The molecule has 4 aromatic carbocycles. The summed E-state index contributed by atoms with van der Waals surface area (Å²) in [6, 6.07) is 36.9. The molecule has 0 bridgehead atoms. The highest BCUT2D eigenvalue weighted by atomic mass is 32.1. The van der Waals surface area contributed by atoms with Crippen LogP contribution in [-0.4, -0.2) is 9.38 Å². The van der Waals surface area contributed by atoms with Gasteiger partial charge in [-0.15, -0.1) is 11.3 Å². The van der Waals surface area contributed by atoms with Crippen molar-refractivity contribution in [3.05, 3.63) is 120 Å². The van der Waals surface area contributed by atoms with Gasteiger partial charge >= 0.3 is 0 Å². The second-order valence-corrected chi connectivity index (χ2v) is 11.9. The van der Waals surface area contributed by atoms with E-state index in [1.54, 1.807) is 11.3 Å². The first-order valence-corrected chi connectivity index (χ1v) is 13.9. The van der Waals surface area contributed by atoms with E-state index < -0.39 is 0 Å². The van der Waals surface area contributed by atoms with E-state index in [1.807, 2.05) is 18.2 Å². The molecule has 1 aliphatic carbocycles. The second kappa shape index (κ2) is 7.89. The SMILES string of the molecule is CC1(C)c2cc(C#N)ccc2-c2ccc(-c3ccc(-c4ccc5sc6c(nc7ccccn76)c5c4)cc3)cc21. The van der Waals surface area contributed by atoms with Gasteiger partial charge in [-0.1, -0.05) is 68.4 Å². The molecule has 7 aromatic rings. The van der Waals surface area contributed by atoms with Crippen molar-refractivity contribution < 1.29 is 0 Å². The number of nitrogens with zero attached hydrogens (tertiary/aromatic N) is 3. The van der Waals surface area contributed by atoms with Crippen molar-refractivity contribution in [1.29, 1.82) is 5.26 Å². The summed E-state index contributed by atoms with van der Waals surface area (Å²) in [5, 5.41) is 10.6. The van der Waals surface area contributed by atoms with Crippen molar-refractivity contribution in [3.63, 3.8) is 0 Å². The molecule has 0 spiro atoms. The fourth-order valence-corrected chi connectivity index (χ4v) is 7.29. The minimum Gasteiger partial charge on any atom is -0.291 e. The van der Waals surface area contributed by atoms with Crippen LogP contribution >= 0.6 is 11.3 Å². The Balaban J connectivity index is 1.16. The fourth-order valence-electron chi connectivity index (χ4n) is 6.18. The molecular formula is C35H23N3S. The van der Waals surface area contributed by atoms with Gasteiger partial charge in [-0.25, -0.2) is 4.98 Å². The lowest BCUT2D eigenvalue weighted by Crippen LogP contribution is -2.15. The Hall–Kier alpha value is -4.72. The zero-order chi connectivity index (χ0) is 26.3. The number of rotatable bonds is 2. The van der Waals surface area contributed by atoms with Gasteiger partial charge in [0, 0.05) is 21.7 Å². The maximum Gasteiger partial charge on any atom is 0.138 e. The first-order chi connectivity index (χ1) is 19.0. The van der Waals surface area contributed by atoms with Gasteiger partial charge < -0.3 is 0 Å². The molecule has 3 aromatic heterocycles. The summed E-state index contributed by atoms with van der Waals surface area (Å²) in [5.74, 6) is 0. The zero-order valence-electron chi connectivity index (χ0n) is 21.6. The molecule has 0 unspecified atom stereocenters. The van der Waals surface area contributed by atoms with Crippen LogP contribution in [0.2, 0.25) is 0 Å². The number of aromatic nitrogens is 2. The van der Waals surface area contributed by atoms with E-state index in [9.17, 15) is 5.26 Å². The van der Waals surface area contributed by atoms with Gasteiger partial charge in [-0.3, -0.25) is 4.40 Å². The van der Waals surface area contributed by atoms with E-state index in [-0.39, 0.29) is 5.41 Å². The van der Waals surface area contributed by atoms with Gasteiger partial charge in [0.05, 0.1) is 11.6 Å². The van der Waals surface area contributed by atoms with Crippen molar-refractivity contribution in [2.75, 3.05) is 0 Å². The molecule has 3 heterocycles. The third kappa shape index (κ3) is 3.17. The maximum absolute atomic E-state index is 9.42. The van der Waals surface area contributed by atoms with E-state index >= 15 is 0 Å². The number of nitriles is 1. The van der Waals surface area contributed by atoms with Crippen LogP contribution in [0, 0.1) is 11.3 Å². The summed E-state index contributed by atoms with van der Waals surface area (Å²) < 4.78 is 3.43. The normalized spacial score (nSPS) is 13.6. The van der Waals surface area contributed by atoms with Gasteiger partial charge in [0.2, 0.25) is 0 Å². The Bertz CT molecular complexity index is 2150. The highest BCUT2D eigenvalue weighted by Gasteiger charge is 2.35. The molecule has 0 N–H and O–H groups in total. The Morgan fingerprint density at radius 1 is 0.744 bits per heavy atom. The Morgan fingerprint density at radius 2 is 1.41 bits per heavy atom. The highest BCUT2D eigenvalue weighted by molar-refractivity contribution is 7.25. The van der Waals surface area contributed by atoms with E-state index in [1.165, 1.54) is 59.4 Å². The summed E-state index contributed by atoms with van der Waals surface area (Å²) in [5.41, 5.74) is 12.5. The standard InChI is InChI=1S/C35H23N3S/c1-35(2)29-17-21(20-36)6-13-26(29)27-14-11-25(19-30(27)35)23-9-7-22(8-10-23)24-12-15-31-28(18-24)33-34(39-31)38-16-4-3-5-32(38)37-33/h3-19H,1-2H3. The first kappa shape index (κ1) is 22.3. The Morgan fingerprint density at radius 3 is 2.18 bits per heavy atom. The summed E-state index contributed by atoms with van der Waals surface area (Å²) in [6.07, 6.45) is 2.09. The first-order valence-electron chi connectivity index (χ1n) is 13.1. The quantitative estimate of drug-likeness (QED) is 0.229. The predicted molar refractivity (Wildman–Crippen MR) is 161 cm³/mol. The van der Waals surface area contributed by atoms with Crippen molar-refractivity contribution in [3.8, 4) is 39.4 Å². The number of imidazole rings is 1. The lowest BCUT2D eigenvalue weighted by atomic mass is 9.81. The van der Waals surface area contributed by atoms with Gasteiger partial charge in [-0.05, 0) is 87.0 Å².